The molecule has 1 spiro atoms. The van der Waals surface area contributed by atoms with Crippen molar-refractivity contribution in [2.45, 2.75) is 18.3 Å². The second kappa shape index (κ2) is 10.8. The van der Waals surface area contributed by atoms with Gasteiger partial charge < -0.3 is 0 Å². The molecule has 3 aliphatic carbocycles. The molecule has 0 saturated heterocycles. The first-order valence-corrected chi connectivity index (χ1v) is 17.9. The summed E-state index contributed by atoms with van der Waals surface area (Å²) < 4.78 is 0. The van der Waals surface area contributed by atoms with E-state index in [0.717, 1.165) is 46.4 Å². The predicted molar refractivity (Wildman–Crippen MR) is 210 cm³/mol. The second-order valence-electron chi connectivity index (χ2n) is 14.0. The fourth-order valence-electron chi connectivity index (χ4n) is 9.22. The van der Waals surface area contributed by atoms with Gasteiger partial charge in [-0.05, 0) is 91.4 Å². The Bertz CT molecular complexity index is 2790. The van der Waals surface area contributed by atoms with Crippen molar-refractivity contribution in [1.29, 1.82) is 0 Å². The van der Waals surface area contributed by atoms with Crippen LogP contribution in [0.25, 0.3) is 72.1 Å². The van der Waals surface area contributed by atoms with Crippen molar-refractivity contribution in [3.05, 3.63) is 198 Å². The van der Waals surface area contributed by atoms with Gasteiger partial charge in [-0.15, -0.1) is 0 Å². The van der Waals surface area contributed by atoms with E-state index in [1.54, 1.807) is 0 Å². The molecule has 1 atom stereocenters. The van der Waals surface area contributed by atoms with Crippen LogP contribution in [0, 0.1) is 0 Å². The molecule has 0 radical (unpaired) electrons. The van der Waals surface area contributed by atoms with Gasteiger partial charge in [-0.2, -0.15) is 0 Å². The number of nitrogens with zero attached hydrogens (tertiary/aromatic N) is 2. The Morgan fingerprint density at radius 2 is 1.20 bits per heavy atom. The Hall–Kier alpha value is -6.38. The van der Waals surface area contributed by atoms with Crippen LogP contribution >= 0.6 is 0 Å². The van der Waals surface area contributed by atoms with E-state index in [-0.39, 0.29) is 5.41 Å². The monoisotopic (exact) mass is 648 g/mol. The molecule has 7 aromatic carbocycles. The van der Waals surface area contributed by atoms with E-state index in [4.69, 9.17) is 9.97 Å². The fraction of sp³-hybridized carbons (Fsp3) is 0.0612. The molecular weight excluding hydrogens is 617 g/mol. The summed E-state index contributed by atoms with van der Waals surface area (Å²) in [7, 11) is 0. The van der Waals surface area contributed by atoms with Crippen LogP contribution in [-0.4, -0.2) is 9.97 Å². The van der Waals surface area contributed by atoms with E-state index in [2.05, 4.69) is 170 Å². The van der Waals surface area contributed by atoms with Crippen LogP contribution in [0.4, 0.5) is 0 Å². The van der Waals surface area contributed by atoms with Gasteiger partial charge >= 0.3 is 0 Å². The van der Waals surface area contributed by atoms with Gasteiger partial charge in [-0.1, -0.05) is 158 Å². The summed E-state index contributed by atoms with van der Waals surface area (Å²) in [5.41, 5.74) is 17.1. The van der Waals surface area contributed by atoms with Crippen LogP contribution in [0.15, 0.2) is 175 Å². The Labute approximate surface area is 297 Å². The maximum Gasteiger partial charge on any atom is 0.160 e. The molecular formula is C49H32N2. The zero-order valence-electron chi connectivity index (χ0n) is 28.0. The van der Waals surface area contributed by atoms with Crippen molar-refractivity contribution in [2.75, 3.05) is 0 Å². The summed E-state index contributed by atoms with van der Waals surface area (Å²) >= 11 is 0. The van der Waals surface area contributed by atoms with E-state index in [1.165, 1.54) is 66.4 Å². The number of hydrogen-bond acceptors (Lipinski definition) is 2. The molecule has 0 N–H and O–H groups in total. The highest BCUT2D eigenvalue weighted by Gasteiger charge is 2.53. The van der Waals surface area contributed by atoms with Gasteiger partial charge in [0, 0.05) is 16.5 Å². The first-order valence-electron chi connectivity index (χ1n) is 17.9. The number of fused-ring (bicyclic) bond motifs is 12. The molecule has 2 heteroatoms. The van der Waals surface area contributed by atoms with Crippen molar-refractivity contribution in [3.63, 3.8) is 0 Å². The van der Waals surface area contributed by atoms with Gasteiger partial charge in [0.2, 0.25) is 0 Å². The highest BCUT2D eigenvalue weighted by molar-refractivity contribution is 6.04. The Balaban J connectivity index is 1.12. The van der Waals surface area contributed by atoms with Crippen LogP contribution in [0.5, 0.6) is 0 Å². The number of para-hydroxylation sites is 1. The highest BCUT2D eigenvalue weighted by Crippen LogP contribution is 2.64. The molecule has 0 aliphatic heterocycles. The molecule has 0 bridgehead atoms. The topological polar surface area (TPSA) is 25.8 Å². The lowest BCUT2D eigenvalue weighted by Crippen LogP contribution is -2.27. The smallest absolute Gasteiger partial charge is 0.160 e. The molecule has 0 amide bonds. The molecule has 238 valence electrons. The number of hydrogen-bond donors (Lipinski definition) is 0. The summed E-state index contributed by atoms with van der Waals surface area (Å²) in [6.45, 7) is 0. The van der Waals surface area contributed by atoms with Crippen molar-refractivity contribution < 1.29 is 0 Å². The molecule has 8 aromatic rings. The standard InChI is InChI=1S/C49H32N2/c1-2-12-31(13-3-1)32-22-24-34(25-23-32)47-40-18-8-11-21-45(40)50-48(51-47)35-27-29-44-41(30-35)38-17-7-10-20-43(38)49(44)42-19-9-6-16-37(42)39-28-26-33-14-4-5-15-36(33)46(39)49/h1-5,7-15,17-30H,6,16H2. The average molecular weight is 649 g/mol. The molecule has 1 aromatic heterocycles. The Morgan fingerprint density at radius 3 is 2.10 bits per heavy atom. The highest BCUT2D eigenvalue weighted by atomic mass is 14.9. The van der Waals surface area contributed by atoms with Crippen molar-refractivity contribution >= 4 is 27.2 Å². The third-order valence-corrected chi connectivity index (χ3v) is 11.4. The molecule has 0 fully saturated rings. The SMILES string of the molecule is C1=CC2=C(CC1)c1ccc3ccccc3c1C21c2ccccc2-c2cc(-c3nc(-c4ccc(-c5ccccc5)cc4)c4ccccc4n3)ccc21. The van der Waals surface area contributed by atoms with Crippen LogP contribution in [-0.2, 0) is 5.41 Å². The Kier molecular flexibility index (Phi) is 6.03. The molecule has 1 unspecified atom stereocenters. The summed E-state index contributed by atoms with van der Waals surface area (Å²) in [6.07, 6.45) is 6.94. The largest absolute Gasteiger partial charge is 0.228 e. The summed E-state index contributed by atoms with van der Waals surface area (Å²) in [4.78, 5) is 10.5. The molecule has 1 heterocycles. The third-order valence-electron chi connectivity index (χ3n) is 11.4. The average Bonchev–Trinajstić information content (AvgIpc) is 3.68. The zero-order chi connectivity index (χ0) is 33.5. The van der Waals surface area contributed by atoms with Crippen LogP contribution in [0.3, 0.4) is 0 Å². The number of allylic oxidation sites excluding steroid dienone is 4. The molecule has 11 rings (SSSR count). The first kappa shape index (κ1) is 28.5. The van der Waals surface area contributed by atoms with E-state index in [9.17, 15) is 0 Å². The second-order valence-corrected chi connectivity index (χ2v) is 14.0. The van der Waals surface area contributed by atoms with Crippen molar-refractivity contribution in [3.8, 4) is 44.9 Å². The van der Waals surface area contributed by atoms with Crippen molar-refractivity contribution in [2.24, 2.45) is 0 Å². The maximum absolute atomic E-state index is 5.33. The molecule has 0 saturated carbocycles. The van der Waals surface area contributed by atoms with Crippen LogP contribution < -0.4 is 0 Å². The van der Waals surface area contributed by atoms with E-state index in [1.807, 2.05) is 0 Å². The lowest BCUT2D eigenvalue weighted by Gasteiger charge is -2.33. The number of rotatable bonds is 3. The first-order chi connectivity index (χ1) is 25.3. The van der Waals surface area contributed by atoms with Gasteiger partial charge in [0.25, 0.3) is 0 Å². The number of aromatic nitrogens is 2. The van der Waals surface area contributed by atoms with E-state index >= 15 is 0 Å². The summed E-state index contributed by atoms with van der Waals surface area (Å²) in [5.74, 6) is 0.742. The van der Waals surface area contributed by atoms with Gasteiger partial charge in [-0.3, -0.25) is 0 Å². The Morgan fingerprint density at radius 1 is 0.490 bits per heavy atom. The molecule has 2 nitrogen and oxygen atoms in total. The third kappa shape index (κ3) is 3.99. The minimum atomic E-state index is -0.372. The number of benzene rings is 7. The maximum atomic E-state index is 5.33. The minimum absolute atomic E-state index is 0.372. The fourth-order valence-corrected chi connectivity index (χ4v) is 9.22. The van der Waals surface area contributed by atoms with E-state index < -0.39 is 0 Å². The predicted octanol–water partition coefficient (Wildman–Crippen LogP) is 12.2. The lowest BCUT2D eigenvalue weighted by atomic mass is 9.68. The van der Waals surface area contributed by atoms with Crippen LogP contribution in [0.2, 0.25) is 0 Å². The van der Waals surface area contributed by atoms with Gasteiger partial charge in [0.15, 0.2) is 5.82 Å². The van der Waals surface area contributed by atoms with Gasteiger partial charge in [0.1, 0.15) is 0 Å². The summed E-state index contributed by atoms with van der Waals surface area (Å²) in [5, 5.41) is 3.68. The zero-order valence-corrected chi connectivity index (χ0v) is 28.0. The quantitative estimate of drug-likeness (QED) is 0.191. The van der Waals surface area contributed by atoms with Gasteiger partial charge in [-0.25, -0.2) is 9.97 Å². The molecule has 51 heavy (non-hydrogen) atoms. The van der Waals surface area contributed by atoms with E-state index in [0.29, 0.717) is 0 Å². The van der Waals surface area contributed by atoms with Crippen molar-refractivity contribution in [1.82, 2.24) is 9.97 Å². The minimum Gasteiger partial charge on any atom is -0.228 e. The normalized spacial score (nSPS) is 16.8. The van der Waals surface area contributed by atoms with Gasteiger partial charge in [0.05, 0.1) is 16.6 Å². The van der Waals surface area contributed by atoms with Crippen LogP contribution in [0.1, 0.15) is 35.1 Å². The summed E-state index contributed by atoms with van der Waals surface area (Å²) in [6, 6.07) is 57.3. The lowest BCUT2D eigenvalue weighted by molar-refractivity contribution is 0.788. The molecule has 3 aliphatic rings.